The number of hydrogen-bond acceptors (Lipinski definition) is 3. The normalized spacial score (nSPS) is 22.1. The molecule has 0 bridgehead atoms. The number of hydrogen-bond donors (Lipinski definition) is 2. The molecule has 0 unspecified atom stereocenters. The lowest BCUT2D eigenvalue weighted by Gasteiger charge is -2.31. The zero-order valence-electron chi connectivity index (χ0n) is 10.6. The third kappa shape index (κ3) is 3.23. The standard InChI is InChI=1S/C14H19NO3/c1-2-18-13-5-3-11(4-6-13)14(17)15-9-10-7-12(16)8-10/h3-6,10,12,16H,2,7-9H2,1H3,(H,15,17). The molecule has 1 aromatic rings. The van der Waals surface area contributed by atoms with Gasteiger partial charge >= 0.3 is 0 Å². The Balaban J connectivity index is 1.81. The first kappa shape index (κ1) is 12.9. The topological polar surface area (TPSA) is 58.6 Å². The van der Waals surface area contributed by atoms with Crippen LogP contribution < -0.4 is 10.1 Å². The lowest BCUT2D eigenvalue weighted by atomic mass is 9.82. The lowest BCUT2D eigenvalue weighted by molar-refractivity contribution is 0.0420. The zero-order valence-corrected chi connectivity index (χ0v) is 10.6. The molecule has 1 aliphatic rings. The molecule has 4 nitrogen and oxygen atoms in total. The van der Waals surface area contributed by atoms with Gasteiger partial charge < -0.3 is 15.2 Å². The molecule has 18 heavy (non-hydrogen) atoms. The minimum atomic E-state index is -0.169. The summed E-state index contributed by atoms with van der Waals surface area (Å²) in [6, 6.07) is 7.11. The number of carbonyl (C=O) groups excluding carboxylic acids is 1. The van der Waals surface area contributed by atoms with Gasteiger partial charge in [0.25, 0.3) is 5.91 Å². The van der Waals surface area contributed by atoms with E-state index in [-0.39, 0.29) is 12.0 Å². The van der Waals surface area contributed by atoms with Crippen molar-refractivity contribution >= 4 is 5.91 Å². The molecular formula is C14H19NO3. The summed E-state index contributed by atoms with van der Waals surface area (Å²) in [6.07, 6.45) is 1.42. The lowest BCUT2D eigenvalue weighted by Crippen LogP contribution is -2.38. The first-order valence-electron chi connectivity index (χ1n) is 6.38. The number of amides is 1. The van der Waals surface area contributed by atoms with Gasteiger partial charge in [-0.1, -0.05) is 0 Å². The van der Waals surface area contributed by atoms with Gasteiger partial charge in [0.2, 0.25) is 0 Å². The SMILES string of the molecule is CCOc1ccc(C(=O)NCC2CC(O)C2)cc1. The predicted molar refractivity (Wildman–Crippen MR) is 68.7 cm³/mol. The maximum atomic E-state index is 11.8. The molecule has 1 aliphatic carbocycles. The van der Waals surface area contributed by atoms with E-state index in [4.69, 9.17) is 9.84 Å². The van der Waals surface area contributed by atoms with E-state index in [1.807, 2.05) is 6.92 Å². The zero-order chi connectivity index (χ0) is 13.0. The van der Waals surface area contributed by atoms with Crippen molar-refractivity contribution in [3.05, 3.63) is 29.8 Å². The summed E-state index contributed by atoms with van der Waals surface area (Å²) in [5.41, 5.74) is 0.637. The molecule has 0 saturated heterocycles. The summed E-state index contributed by atoms with van der Waals surface area (Å²) < 4.78 is 5.32. The second kappa shape index (κ2) is 5.87. The van der Waals surface area contributed by atoms with E-state index in [1.54, 1.807) is 24.3 Å². The monoisotopic (exact) mass is 249 g/mol. The van der Waals surface area contributed by atoms with E-state index < -0.39 is 0 Å². The predicted octanol–water partition coefficient (Wildman–Crippen LogP) is 1.59. The number of carbonyl (C=O) groups is 1. The van der Waals surface area contributed by atoms with Gasteiger partial charge in [-0.2, -0.15) is 0 Å². The van der Waals surface area contributed by atoms with Crippen LogP contribution in [-0.4, -0.2) is 30.3 Å². The first-order valence-corrected chi connectivity index (χ1v) is 6.38. The van der Waals surface area contributed by atoms with Crippen LogP contribution >= 0.6 is 0 Å². The molecule has 98 valence electrons. The average molecular weight is 249 g/mol. The Bertz CT molecular complexity index is 396. The second-order valence-electron chi connectivity index (χ2n) is 4.66. The number of nitrogens with one attached hydrogen (secondary N) is 1. The smallest absolute Gasteiger partial charge is 0.251 e. The highest BCUT2D eigenvalue weighted by Crippen LogP contribution is 2.26. The van der Waals surface area contributed by atoms with Crippen molar-refractivity contribution in [3.8, 4) is 5.75 Å². The molecule has 0 spiro atoms. The third-order valence-corrected chi connectivity index (χ3v) is 3.19. The number of aliphatic hydroxyl groups excluding tert-OH is 1. The third-order valence-electron chi connectivity index (χ3n) is 3.19. The van der Waals surface area contributed by atoms with Crippen LogP contribution in [0.5, 0.6) is 5.75 Å². The van der Waals surface area contributed by atoms with E-state index in [0.717, 1.165) is 18.6 Å². The molecule has 2 N–H and O–H groups in total. The van der Waals surface area contributed by atoms with Gasteiger partial charge in [-0.15, -0.1) is 0 Å². The molecule has 4 heteroatoms. The minimum Gasteiger partial charge on any atom is -0.494 e. The quantitative estimate of drug-likeness (QED) is 0.833. The van der Waals surface area contributed by atoms with Crippen LogP contribution in [0, 0.1) is 5.92 Å². The Labute approximate surface area is 107 Å². The molecule has 1 aromatic carbocycles. The van der Waals surface area contributed by atoms with Crippen LogP contribution in [0.15, 0.2) is 24.3 Å². The maximum Gasteiger partial charge on any atom is 0.251 e. The van der Waals surface area contributed by atoms with Gasteiger partial charge in [-0.3, -0.25) is 4.79 Å². The number of rotatable bonds is 5. The molecule has 1 amide bonds. The summed E-state index contributed by atoms with van der Waals surface area (Å²) in [7, 11) is 0. The number of ether oxygens (including phenoxy) is 1. The molecule has 0 heterocycles. The highest BCUT2D eigenvalue weighted by molar-refractivity contribution is 5.94. The second-order valence-corrected chi connectivity index (χ2v) is 4.66. The Morgan fingerprint density at radius 3 is 2.61 bits per heavy atom. The van der Waals surface area contributed by atoms with Crippen LogP contribution in [0.3, 0.4) is 0 Å². The van der Waals surface area contributed by atoms with Crippen LogP contribution in [0.25, 0.3) is 0 Å². The summed E-state index contributed by atoms with van der Waals surface area (Å²) in [4.78, 5) is 11.8. The van der Waals surface area contributed by atoms with Gasteiger partial charge in [-0.25, -0.2) is 0 Å². The summed E-state index contributed by atoms with van der Waals surface area (Å²) in [5.74, 6) is 1.13. The maximum absolute atomic E-state index is 11.8. The fourth-order valence-corrected chi connectivity index (χ4v) is 2.08. The number of aliphatic hydroxyl groups is 1. The van der Waals surface area contributed by atoms with Crippen LogP contribution in [-0.2, 0) is 0 Å². The van der Waals surface area contributed by atoms with Crippen molar-refractivity contribution < 1.29 is 14.6 Å². The molecule has 0 atom stereocenters. The first-order chi connectivity index (χ1) is 8.69. The minimum absolute atomic E-state index is 0.0700. The Hall–Kier alpha value is -1.55. The van der Waals surface area contributed by atoms with Crippen molar-refractivity contribution in [2.45, 2.75) is 25.9 Å². The Morgan fingerprint density at radius 1 is 1.39 bits per heavy atom. The van der Waals surface area contributed by atoms with E-state index in [0.29, 0.717) is 24.6 Å². The highest BCUT2D eigenvalue weighted by Gasteiger charge is 2.27. The Kier molecular flexibility index (Phi) is 4.20. The van der Waals surface area contributed by atoms with Gasteiger partial charge in [0.05, 0.1) is 12.7 Å². The van der Waals surface area contributed by atoms with Crippen molar-refractivity contribution in [2.24, 2.45) is 5.92 Å². The molecule has 1 fully saturated rings. The van der Waals surface area contributed by atoms with Crippen LogP contribution in [0.1, 0.15) is 30.1 Å². The molecule has 0 radical (unpaired) electrons. The van der Waals surface area contributed by atoms with Crippen molar-refractivity contribution in [1.29, 1.82) is 0 Å². The van der Waals surface area contributed by atoms with Gasteiger partial charge in [0, 0.05) is 12.1 Å². The van der Waals surface area contributed by atoms with Gasteiger partial charge in [-0.05, 0) is 49.9 Å². The van der Waals surface area contributed by atoms with Crippen molar-refractivity contribution in [1.82, 2.24) is 5.32 Å². The molecule has 0 aliphatic heterocycles. The fourth-order valence-electron chi connectivity index (χ4n) is 2.08. The Morgan fingerprint density at radius 2 is 2.06 bits per heavy atom. The largest absolute Gasteiger partial charge is 0.494 e. The summed E-state index contributed by atoms with van der Waals surface area (Å²) >= 11 is 0. The van der Waals surface area contributed by atoms with E-state index >= 15 is 0 Å². The van der Waals surface area contributed by atoms with Gasteiger partial charge in [0.1, 0.15) is 5.75 Å². The molecule has 1 saturated carbocycles. The van der Waals surface area contributed by atoms with E-state index in [9.17, 15) is 4.79 Å². The van der Waals surface area contributed by atoms with Gasteiger partial charge in [0.15, 0.2) is 0 Å². The molecular weight excluding hydrogens is 230 g/mol. The summed E-state index contributed by atoms with van der Waals surface area (Å²) in [5, 5.41) is 12.0. The summed E-state index contributed by atoms with van der Waals surface area (Å²) in [6.45, 7) is 3.19. The van der Waals surface area contributed by atoms with Crippen LogP contribution in [0.4, 0.5) is 0 Å². The van der Waals surface area contributed by atoms with Crippen LogP contribution in [0.2, 0.25) is 0 Å². The van der Waals surface area contributed by atoms with E-state index in [2.05, 4.69) is 5.32 Å². The van der Waals surface area contributed by atoms with E-state index in [1.165, 1.54) is 0 Å². The van der Waals surface area contributed by atoms with Crippen molar-refractivity contribution in [2.75, 3.05) is 13.2 Å². The highest BCUT2D eigenvalue weighted by atomic mass is 16.5. The van der Waals surface area contributed by atoms with Crippen molar-refractivity contribution in [3.63, 3.8) is 0 Å². The fraction of sp³-hybridized carbons (Fsp3) is 0.500. The molecule has 0 aromatic heterocycles. The number of benzene rings is 1. The average Bonchev–Trinajstić information content (AvgIpc) is 2.34. The molecule has 2 rings (SSSR count).